The van der Waals surface area contributed by atoms with Gasteiger partial charge in [-0.2, -0.15) is 5.26 Å². The molecule has 4 nitrogen and oxygen atoms in total. The quantitative estimate of drug-likeness (QED) is 0.207. The zero-order valence-corrected chi connectivity index (χ0v) is 23.2. The molecule has 188 valence electrons. The van der Waals surface area contributed by atoms with E-state index in [-0.39, 0.29) is 23.9 Å². The summed E-state index contributed by atoms with van der Waals surface area (Å²) in [4.78, 5) is 0. The maximum Gasteiger partial charge on any atom is 0.192 e. The molecule has 0 heterocycles. The third-order valence-electron chi connectivity index (χ3n) is 8.30. The van der Waals surface area contributed by atoms with Crippen molar-refractivity contribution in [2.45, 2.75) is 116 Å². The molecule has 0 radical (unpaired) electrons. The molecule has 3 atom stereocenters. The van der Waals surface area contributed by atoms with Crippen LogP contribution in [-0.2, 0) is 17.3 Å². The van der Waals surface area contributed by atoms with Gasteiger partial charge in [-0.15, -0.1) is 0 Å². The number of ether oxygens (including phenoxy) is 1. The van der Waals surface area contributed by atoms with Crippen molar-refractivity contribution in [1.29, 1.82) is 5.26 Å². The normalized spacial score (nSPS) is 21.1. The SMILES string of the molecule is CCCCC[C@@H](CCC1=C2Cc3cccc(OCC#N)c3C[C@H]2C[C@H]1O)O[Si](C)(C)C(C)(C)C. The summed E-state index contributed by atoms with van der Waals surface area (Å²) in [7, 11) is -1.84. The highest BCUT2D eigenvalue weighted by atomic mass is 28.4. The Kier molecular flexibility index (Phi) is 9.06. The summed E-state index contributed by atoms with van der Waals surface area (Å²) in [6, 6.07) is 8.24. The van der Waals surface area contributed by atoms with E-state index in [1.54, 1.807) is 0 Å². The zero-order chi connectivity index (χ0) is 24.9. The fourth-order valence-electron chi connectivity index (χ4n) is 5.32. The van der Waals surface area contributed by atoms with Gasteiger partial charge < -0.3 is 14.3 Å². The van der Waals surface area contributed by atoms with Crippen molar-refractivity contribution in [3.8, 4) is 11.8 Å². The Hall–Kier alpha value is -1.61. The summed E-state index contributed by atoms with van der Waals surface area (Å²) in [5, 5.41) is 20.2. The molecule has 2 aliphatic carbocycles. The summed E-state index contributed by atoms with van der Waals surface area (Å²) in [6.45, 7) is 14.0. The van der Waals surface area contributed by atoms with Crippen LogP contribution >= 0.6 is 0 Å². The molecule has 0 unspecified atom stereocenters. The predicted molar refractivity (Wildman–Crippen MR) is 142 cm³/mol. The Morgan fingerprint density at radius 2 is 1.97 bits per heavy atom. The number of aliphatic hydroxyl groups excluding tert-OH is 1. The number of nitriles is 1. The molecule has 0 bridgehead atoms. The van der Waals surface area contributed by atoms with Gasteiger partial charge in [0.2, 0.25) is 0 Å². The van der Waals surface area contributed by atoms with Crippen molar-refractivity contribution in [3.63, 3.8) is 0 Å². The molecule has 1 N–H and O–H groups in total. The molecule has 1 aromatic rings. The van der Waals surface area contributed by atoms with Crippen LogP contribution in [-0.4, -0.2) is 32.2 Å². The third-order valence-corrected chi connectivity index (χ3v) is 12.8. The first-order chi connectivity index (χ1) is 16.1. The summed E-state index contributed by atoms with van der Waals surface area (Å²) in [5.74, 6) is 1.21. The third kappa shape index (κ3) is 6.33. The average Bonchev–Trinajstić information content (AvgIpc) is 3.07. The van der Waals surface area contributed by atoms with Gasteiger partial charge in [-0.1, -0.05) is 64.7 Å². The Balaban J connectivity index is 1.76. The van der Waals surface area contributed by atoms with Crippen LogP contribution in [0.25, 0.3) is 0 Å². The Labute approximate surface area is 208 Å². The fourth-order valence-corrected chi connectivity index (χ4v) is 6.74. The van der Waals surface area contributed by atoms with Crippen molar-refractivity contribution < 1.29 is 14.3 Å². The van der Waals surface area contributed by atoms with Gasteiger partial charge in [-0.05, 0) is 85.3 Å². The minimum Gasteiger partial charge on any atom is -0.478 e. The van der Waals surface area contributed by atoms with E-state index in [9.17, 15) is 5.11 Å². The number of hydrogen-bond acceptors (Lipinski definition) is 4. The minimum absolute atomic E-state index is 0.0747. The second kappa shape index (κ2) is 11.4. The van der Waals surface area contributed by atoms with Crippen LogP contribution in [0.5, 0.6) is 5.75 Å². The minimum atomic E-state index is -1.84. The molecule has 0 aliphatic heterocycles. The van der Waals surface area contributed by atoms with Crippen LogP contribution in [0.1, 0.15) is 83.8 Å². The summed E-state index contributed by atoms with van der Waals surface area (Å²) >= 11 is 0. The Morgan fingerprint density at radius 1 is 1.21 bits per heavy atom. The molecule has 0 saturated heterocycles. The van der Waals surface area contributed by atoms with E-state index in [1.807, 2.05) is 12.1 Å². The molecule has 0 spiro atoms. The number of benzene rings is 1. The molecule has 0 fully saturated rings. The van der Waals surface area contributed by atoms with E-state index < -0.39 is 8.32 Å². The fraction of sp³-hybridized carbons (Fsp3) is 0.690. The largest absolute Gasteiger partial charge is 0.478 e. The van der Waals surface area contributed by atoms with E-state index >= 15 is 0 Å². The monoisotopic (exact) mass is 483 g/mol. The van der Waals surface area contributed by atoms with E-state index in [0.717, 1.165) is 44.3 Å². The first-order valence-electron chi connectivity index (χ1n) is 13.3. The number of fused-ring (bicyclic) bond motifs is 2. The Morgan fingerprint density at radius 3 is 2.65 bits per heavy atom. The molecular weight excluding hydrogens is 438 g/mol. The number of rotatable bonds is 11. The van der Waals surface area contributed by atoms with Crippen LogP contribution in [0.4, 0.5) is 0 Å². The van der Waals surface area contributed by atoms with Crippen LogP contribution < -0.4 is 4.74 Å². The van der Waals surface area contributed by atoms with Gasteiger partial charge >= 0.3 is 0 Å². The number of aliphatic hydroxyl groups is 1. The van der Waals surface area contributed by atoms with Crippen LogP contribution in [0.2, 0.25) is 18.1 Å². The van der Waals surface area contributed by atoms with Gasteiger partial charge in [0.15, 0.2) is 14.9 Å². The van der Waals surface area contributed by atoms with E-state index in [0.29, 0.717) is 5.92 Å². The van der Waals surface area contributed by atoms with Crippen LogP contribution in [0, 0.1) is 17.2 Å². The van der Waals surface area contributed by atoms with Crippen molar-refractivity contribution in [2.24, 2.45) is 5.92 Å². The van der Waals surface area contributed by atoms with Gasteiger partial charge in [0, 0.05) is 6.10 Å². The average molecular weight is 484 g/mol. The number of unbranched alkanes of at least 4 members (excludes halogenated alkanes) is 2. The number of hydrogen-bond donors (Lipinski definition) is 1. The highest BCUT2D eigenvalue weighted by molar-refractivity contribution is 6.74. The summed E-state index contributed by atoms with van der Waals surface area (Å²) < 4.78 is 12.6. The molecule has 3 rings (SSSR count). The summed E-state index contributed by atoms with van der Waals surface area (Å²) in [6.07, 6.45) is 9.25. The molecule has 34 heavy (non-hydrogen) atoms. The Bertz CT molecular complexity index is 909. The second-order valence-corrected chi connectivity index (χ2v) is 16.5. The lowest BCUT2D eigenvalue weighted by Crippen LogP contribution is -2.44. The van der Waals surface area contributed by atoms with Gasteiger partial charge in [0.25, 0.3) is 0 Å². The molecule has 0 saturated carbocycles. The highest BCUT2D eigenvalue weighted by Gasteiger charge is 2.40. The van der Waals surface area contributed by atoms with E-state index in [4.69, 9.17) is 14.4 Å². The number of allylic oxidation sites excluding steroid dienone is 1. The second-order valence-electron chi connectivity index (χ2n) is 11.8. The van der Waals surface area contributed by atoms with Crippen molar-refractivity contribution in [1.82, 2.24) is 0 Å². The first-order valence-corrected chi connectivity index (χ1v) is 16.2. The lowest BCUT2D eigenvalue weighted by molar-refractivity contribution is 0.151. The topological polar surface area (TPSA) is 62.5 Å². The number of nitrogens with zero attached hydrogens (tertiary/aromatic N) is 1. The van der Waals surface area contributed by atoms with Crippen LogP contribution in [0.3, 0.4) is 0 Å². The van der Waals surface area contributed by atoms with Crippen molar-refractivity contribution >= 4 is 8.32 Å². The lowest BCUT2D eigenvalue weighted by Gasteiger charge is -2.39. The van der Waals surface area contributed by atoms with Crippen LogP contribution in [0.15, 0.2) is 29.3 Å². The van der Waals surface area contributed by atoms with Gasteiger partial charge in [-0.3, -0.25) is 0 Å². The van der Waals surface area contributed by atoms with Crippen molar-refractivity contribution in [2.75, 3.05) is 6.61 Å². The smallest absolute Gasteiger partial charge is 0.192 e. The summed E-state index contributed by atoms with van der Waals surface area (Å²) in [5.41, 5.74) is 5.21. The standard InChI is InChI=1S/C29H45NO3Si/c1-7-8-9-12-23(33-34(5,6)29(2,3)4)14-15-24-25-18-21-11-10-13-28(32-17-16-30)26(21)19-22(25)20-27(24)31/h10-11,13,22-23,27,31H,7-9,12,14-15,17-20H2,1-6H3/t22-,23-,27+/m0/s1. The predicted octanol–water partition coefficient (Wildman–Crippen LogP) is 7.12. The van der Waals surface area contributed by atoms with Gasteiger partial charge in [-0.25, -0.2) is 0 Å². The van der Waals surface area contributed by atoms with Gasteiger partial charge in [0.1, 0.15) is 11.8 Å². The first kappa shape index (κ1) is 27.0. The molecule has 0 aromatic heterocycles. The maximum absolute atomic E-state index is 11.0. The highest BCUT2D eigenvalue weighted by Crippen LogP contribution is 2.45. The van der Waals surface area contributed by atoms with E-state index in [1.165, 1.54) is 41.5 Å². The van der Waals surface area contributed by atoms with Gasteiger partial charge in [0.05, 0.1) is 6.10 Å². The molecule has 2 aliphatic rings. The van der Waals surface area contributed by atoms with E-state index in [2.05, 4.69) is 52.9 Å². The maximum atomic E-state index is 11.0. The molecule has 1 aromatic carbocycles. The molecule has 0 amide bonds. The molecule has 5 heteroatoms. The molecular formula is C29H45NO3Si. The van der Waals surface area contributed by atoms with Crippen molar-refractivity contribution in [3.05, 3.63) is 40.5 Å². The lowest BCUT2D eigenvalue weighted by atomic mass is 9.80. The zero-order valence-electron chi connectivity index (χ0n) is 22.2.